The molecule has 0 aliphatic heterocycles. The van der Waals surface area contributed by atoms with Gasteiger partial charge in [-0.3, -0.25) is 4.79 Å². The lowest BCUT2D eigenvalue weighted by atomic mass is 10.0. The van der Waals surface area contributed by atoms with Crippen LogP contribution in [-0.2, 0) is 11.0 Å². The van der Waals surface area contributed by atoms with Gasteiger partial charge in [0.05, 0.1) is 5.56 Å². The number of benzene rings is 1. The Morgan fingerprint density at radius 1 is 1.35 bits per heavy atom. The summed E-state index contributed by atoms with van der Waals surface area (Å²) in [5, 5.41) is 0. The molecule has 4 N–H and O–H groups in total. The summed E-state index contributed by atoms with van der Waals surface area (Å²) in [4.78, 5) is 10.5. The number of rotatable bonds is 4. The van der Waals surface area contributed by atoms with Gasteiger partial charge in [0.25, 0.3) is 0 Å². The van der Waals surface area contributed by atoms with Crippen molar-refractivity contribution in [2.75, 3.05) is 0 Å². The minimum absolute atomic E-state index is 0.0530. The Morgan fingerprint density at radius 2 is 2.00 bits per heavy atom. The fourth-order valence-electron chi connectivity index (χ4n) is 1.41. The number of nitrogens with two attached hydrogens (primary N) is 2. The second-order valence-corrected chi connectivity index (χ2v) is 3.73. The van der Waals surface area contributed by atoms with E-state index in [9.17, 15) is 18.0 Å². The first-order valence-electron chi connectivity index (χ1n) is 5.01. The Bertz CT molecular complexity index is 404. The lowest BCUT2D eigenvalue weighted by Gasteiger charge is -2.13. The second kappa shape index (κ2) is 5.18. The van der Waals surface area contributed by atoms with Crippen molar-refractivity contribution < 1.29 is 18.0 Å². The van der Waals surface area contributed by atoms with Crippen LogP contribution in [0.4, 0.5) is 13.2 Å². The molecule has 0 radical (unpaired) electrons. The molecule has 0 heterocycles. The van der Waals surface area contributed by atoms with Crippen LogP contribution in [-0.4, -0.2) is 5.91 Å². The van der Waals surface area contributed by atoms with Gasteiger partial charge in [0.2, 0.25) is 5.91 Å². The number of alkyl halides is 3. The van der Waals surface area contributed by atoms with Crippen molar-refractivity contribution in [3.8, 4) is 0 Å². The number of halogens is 3. The highest BCUT2D eigenvalue weighted by atomic mass is 19.4. The Kier molecular flexibility index (Phi) is 4.11. The number of hydrogen-bond donors (Lipinski definition) is 2. The van der Waals surface area contributed by atoms with Gasteiger partial charge >= 0.3 is 6.18 Å². The number of hydrogen-bond acceptors (Lipinski definition) is 2. The van der Waals surface area contributed by atoms with Crippen LogP contribution in [0.15, 0.2) is 24.3 Å². The number of primary amides is 1. The van der Waals surface area contributed by atoms with Gasteiger partial charge in [-0.15, -0.1) is 0 Å². The molecule has 1 amide bonds. The summed E-state index contributed by atoms with van der Waals surface area (Å²) in [6, 6.07) is 4.14. The van der Waals surface area contributed by atoms with Gasteiger partial charge in [-0.25, -0.2) is 0 Å². The summed E-state index contributed by atoms with van der Waals surface area (Å²) in [6.07, 6.45) is -4.10. The van der Waals surface area contributed by atoms with Crippen LogP contribution in [0.25, 0.3) is 0 Å². The van der Waals surface area contributed by atoms with E-state index >= 15 is 0 Å². The van der Waals surface area contributed by atoms with Gasteiger partial charge in [-0.05, 0) is 24.1 Å². The monoisotopic (exact) mass is 246 g/mol. The molecule has 0 saturated carbocycles. The van der Waals surface area contributed by atoms with Gasteiger partial charge in [0.1, 0.15) is 0 Å². The Balaban J connectivity index is 2.81. The van der Waals surface area contributed by atoms with E-state index in [2.05, 4.69) is 0 Å². The maximum Gasteiger partial charge on any atom is 0.416 e. The molecular formula is C11H13F3N2O. The van der Waals surface area contributed by atoms with Crippen molar-refractivity contribution in [1.82, 2.24) is 0 Å². The molecule has 6 heteroatoms. The van der Waals surface area contributed by atoms with Crippen molar-refractivity contribution in [2.24, 2.45) is 11.5 Å². The summed E-state index contributed by atoms with van der Waals surface area (Å²) in [7, 11) is 0. The molecule has 1 unspecified atom stereocenters. The molecule has 17 heavy (non-hydrogen) atoms. The summed E-state index contributed by atoms with van der Waals surface area (Å²) in [6.45, 7) is 0. The van der Waals surface area contributed by atoms with Crippen molar-refractivity contribution in [2.45, 2.75) is 25.1 Å². The highest BCUT2D eigenvalue weighted by Crippen LogP contribution is 2.30. The molecule has 3 nitrogen and oxygen atoms in total. The number of amides is 1. The van der Waals surface area contributed by atoms with Crippen molar-refractivity contribution >= 4 is 5.91 Å². The number of carbonyl (C=O) groups excluding carboxylic acids is 1. The first-order chi connectivity index (χ1) is 7.80. The van der Waals surface area contributed by atoms with Crippen LogP contribution in [0, 0.1) is 0 Å². The van der Waals surface area contributed by atoms with Crippen LogP contribution >= 0.6 is 0 Å². The smallest absolute Gasteiger partial charge is 0.370 e. The predicted octanol–water partition coefficient (Wildman–Crippen LogP) is 1.97. The largest absolute Gasteiger partial charge is 0.416 e. The zero-order valence-electron chi connectivity index (χ0n) is 9.00. The maximum atomic E-state index is 12.4. The molecule has 1 aromatic carbocycles. The van der Waals surface area contributed by atoms with E-state index in [-0.39, 0.29) is 12.8 Å². The fourth-order valence-corrected chi connectivity index (χ4v) is 1.41. The summed E-state index contributed by atoms with van der Waals surface area (Å²) < 4.78 is 37.3. The van der Waals surface area contributed by atoms with E-state index in [4.69, 9.17) is 11.5 Å². The standard InChI is InChI=1S/C11H13F3N2O/c12-11(13,14)8-3-1-2-7(6-8)9(15)4-5-10(16)17/h1-3,6,9H,4-5,15H2,(H2,16,17). The number of carbonyl (C=O) groups is 1. The van der Waals surface area contributed by atoms with E-state index in [1.807, 2.05) is 0 Å². The van der Waals surface area contributed by atoms with E-state index in [1.54, 1.807) is 0 Å². The SMILES string of the molecule is NC(=O)CCC(N)c1cccc(C(F)(F)F)c1. The lowest BCUT2D eigenvalue weighted by Crippen LogP contribution is -2.17. The highest BCUT2D eigenvalue weighted by molar-refractivity contribution is 5.73. The molecule has 0 saturated heterocycles. The lowest BCUT2D eigenvalue weighted by molar-refractivity contribution is -0.137. The van der Waals surface area contributed by atoms with Gasteiger partial charge in [-0.1, -0.05) is 12.1 Å². The predicted molar refractivity (Wildman–Crippen MR) is 56.8 cm³/mol. The average molecular weight is 246 g/mol. The van der Waals surface area contributed by atoms with Gasteiger partial charge in [0.15, 0.2) is 0 Å². The summed E-state index contributed by atoms with van der Waals surface area (Å²) in [5.41, 5.74) is 10.2. The Morgan fingerprint density at radius 3 is 2.53 bits per heavy atom. The molecule has 0 spiro atoms. The van der Waals surface area contributed by atoms with Crippen LogP contribution in [0.2, 0.25) is 0 Å². The normalized spacial score (nSPS) is 13.4. The minimum atomic E-state index is -4.39. The zero-order valence-corrected chi connectivity index (χ0v) is 9.00. The summed E-state index contributed by atoms with van der Waals surface area (Å²) >= 11 is 0. The van der Waals surface area contributed by atoms with Gasteiger partial charge in [0, 0.05) is 12.5 Å². The first-order valence-corrected chi connectivity index (χ1v) is 5.01. The zero-order chi connectivity index (χ0) is 13.1. The Hall–Kier alpha value is -1.56. The first kappa shape index (κ1) is 13.5. The van der Waals surface area contributed by atoms with Crippen LogP contribution < -0.4 is 11.5 Å². The quantitative estimate of drug-likeness (QED) is 0.852. The molecule has 1 aromatic rings. The molecule has 94 valence electrons. The second-order valence-electron chi connectivity index (χ2n) is 3.73. The molecule has 0 aromatic heterocycles. The average Bonchev–Trinajstić information content (AvgIpc) is 2.25. The molecule has 0 fully saturated rings. The maximum absolute atomic E-state index is 12.4. The molecule has 1 atom stereocenters. The molecular weight excluding hydrogens is 233 g/mol. The van der Waals surface area contributed by atoms with E-state index in [0.29, 0.717) is 5.56 Å². The van der Waals surface area contributed by atoms with E-state index in [0.717, 1.165) is 12.1 Å². The highest BCUT2D eigenvalue weighted by Gasteiger charge is 2.30. The van der Waals surface area contributed by atoms with Crippen LogP contribution in [0.3, 0.4) is 0 Å². The Labute approximate surface area is 96.6 Å². The van der Waals surface area contributed by atoms with Crippen molar-refractivity contribution in [3.63, 3.8) is 0 Å². The van der Waals surface area contributed by atoms with Crippen LogP contribution in [0.5, 0.6) is 0 Å². The minimum Gasteiger partial charge on any atom is -0.370 e. The molecule has 0 aliphatic rings. The van der Waals surface area contributed by atoms with Crippen molar-refractivity contribution in [1.29, 1.82) is 0 Å². The van der Waals surface area contributed by atoms with Gasteiger partial charge in [-0.2, -0.15) is 13.2 Å². The third kappa shape index (κ3) is 4.07. The third-order valence-corrected chi connectivity index (χ3v) is 2.34. The van der Waals surface area contributed by atoms with Gasteiger partial charge < -0.3 is 11.5 Å². The molecule has 0 bridgehead atoms. The fraction of sp³-hybridized carbons (Fsp3) is 0.364. The third-order valence-electron chi connectivity index (χ3n) is 2.34. The van der Waals surface area contributed by atoms with Crippen LogP contribution in [0.1, 0.15) is 30.0 Å². The molecule has 1 rings (SSSR count). The molecule has 0 aliphatic carbocycles. The van der Waals surface area contributed by atoms with E-state index in [1.165, 1.54) is 12.1 Å². The summed E-state index contributed by atoms with van der Waals surface area (Å²) in [5.74, 6) is -0.521. The topological polar surface area (TPSA) is 69.1 Å². The van der Waals surface area contributed by atoms with Crippen molar-refractivity contribution in [3.05, 3.63) is 35.4 Å². The van der Waals surface area contributed by atoms with E-state index < -0.39 is 23.7 Å².